The van der Waals surface area contributed by atoms with Crippen LogP contribution in [-0.4, -0.2) is 64.1 Å². The van der Waals surface area contributed by atoms with E-state index in [2.05, 4.69) is 43.3 Å². The second-order valence-corrected chi connectivity index (χ2v) is 10.2. The van der Waals surface area contributed by atoms with Gasteiger partial charge in [0.1, 0.15) is 30.1 Å². The smallest absolute Gasteiger partial charge is 0.487 e. The third-order valence-electron chi connectivity index (χ3n) is 6.90. The number of morpholine rings is 1. The van der Waals surface area contributed by atoms with Crippen molar-refractivity contribution in [1.29, 1.82) is 0 Å². The number of hydrogen-bond acceptors (Lipinski definition) is 8. The molecule has 1 fully saturated rings. The molecule has 1 aliphatic rings. The number of ether oxygens (including phenoxy) is 3. The molecule has 2 aromatic heterocycles. The molecule has 0 saturated carbocycles. The van der Waals surface area contributed by atoms with Gasteiger partial charge < -0.3 is 18.6 Å². The van der Waals surface area contributed by atoms with Gasteiger partial charge >= 0.3 is 6.36 Å². The molecule has 0 aliphatic carbocycles. The Morgan fingerprint density at radius 2 is 1.60 bits per heavy atom. The first-order valence-electron chi connectivity index (χ1n) is 14.3. The Morgan fingerprint density at radius 1 is 0.860 bits per heavy atom. The molecule has 9 nitrogen and oxygen atoms in total. The van der Waals surface area contributed by atoms with Crippen molar-refractivity contribution in [1.82, 2.24) is 24.9 Å². The second kappa shape index (κ2) is 14.8. The van der Waals surface area contributed by atoms with Gasteiger partial charge in [0.25, 0.3) is 0 Å². The highest BCUT2D eigenvalue weighted by Crippen LogP contribution is 2.23. The van der Waals surface area contributed by atoms with Gasteiger partial charge in [-0.15, -0.1) is 18.3 Å². The average molecular weight is 598 g/mol. The van der Waals surface area contributed by atoms with Crippen molar-refractivity contribution in [3.8, 4) is 11.5 Å². The quantitative estimate of drug-likeness (QED) is 0.168. The highest BCUT2D eigenvalue weighted by molar-refractivity contribution is 5.66. The van der Waals surface area contributed by atoms with E-state index in [1.165, 1.54) is 36.1 Å². The summed E-state index contributed by atoms with van der Waals surface area (Å²) in [6.45, 7) is 5.63. The molecule has 12 heteroatoms. The van der Waals surface area contributed by atoms with E-state index in [4.69, 9.17) is 13.9 Å². The summed E-state index contributed by atoms with van der Waals surface area (Å²) in [4.78, 5) is 6.75. The Morgan fingerprint density at radius 3 is 2.37 bits per heavy atom. The zero-order valence-electron chi connectivity index (χ0n) is 23.7. The lowest BCUT2D eigenvalue weighted by Crippen LogP contribution is -2.38. The lowest BCUT2D eigenvalue weighted by atomic mass is 10.1. The minimum atomic E-state index is -4.72. The molecule has 0 amide bonds. The maximum Gasteiger partial charge on any atom is 0.573 e. The molecule has 0 radical (unpaired) electrons. The summed E-state index contributed by atoms with van der Waals surface area (Å²) in [5, 5.41) is 8.59. The molecule has 5 rings (SSSR count). The highest BCUT2D eigenvalue weighted by atomic mass is 19.4. The Balaban J connectivity index is 0.982. The fourth-order valence-corrected chi connectivity index (χ4v) is 4.59. The zero-order valence-corrected chi connectivity index (χ0v) is 23.7. The van der Waals surface area contributed by atoms with Gasteiger partial charge in [-0.3, -0.25) is 9.58 Å². The predicted molar refractivity (Wildman–Crippen MR) is 153 cm³/mol. The molecule has 0 bridgehead atoms. The maximum absolute atomic E-state index is 12.3. The SMILES string of the molecule is FC(F)(F)Oc1ccc(/C=C/c2nc(COc3ccc(CCCCc4cn(CCN5CCOCC5)nn4)cc3)co2)cc1. The van der Waals surface area contributed by atoms with Crippen LogP contribution < -0.4 is 9.47 Å². The summed E-state index contributed by atoms with van der Waals surface area (Å²) in [7, 11) is 0. The number of alkyl halides is 3. The number of benzene rings is 2. The van der Waals surface area contributed by atoms with E-state index in [1.54, 1.807) is 12.2 Å². The normalized spacial score (nSPS) is 14.4. The van der Waals surface area contributed by atoms with E-state index in [-0.39, 0.29) is 12.4 Å². The Labute approximate surface area is 247 Å². The van der Waals surface area contributed by atoms with Gasteiger partial charge in [0, 0.05) is 31.9 Å². The molecule has 3 heterocycles. The first-order chi connectivity index (χ1) is 20.9. The van der Waals surface area contributed by atoms with Gasteiger partial charge in [0.2, 0.25) is 5.89 Å². The van der Waals surface area contributed by atoms with Gasteiger partial charge in [-0.2, -0.15) is 0 Å². The Bertz CT molecular complexity index is 1430. The van der Waals surface area contributed by atoms with Crippen molar-refractivity contribution in [3.63, 3.8) is 0 Å². The topological polar surface area (TPSA) is 87.7 Å². The van der Waals surface area contributed by atoms with Gasteiger partial charge in [-0.25, -0.2) is 4.98 Å². The van der Waals surface area contributed by atoms with Crippen LogP contribution in [0.5, 0.6) is 11.5 Å². The van der Waals surface area contributed by atoms with Crippen LogP contribution >= 0.6 is 0 Å². The molecule has 1 aliphatic heterocycles. The average Bonchev–Trinajstić information content (AvgIpc) is 3.67. The minimum Gasteiger partial charge on any atom is -0.487 e. The van der Waals surface area contributed by atoms with Gasteiger partial charge in [0.05, 0.1) is 25.5 Å². The van der Waals surface area contributed by atoms with E-state index in [1.807, 2.05) is 16.8 Å². The third kappa shape index (κ3) is 10.3. The number of nitrogens with zero attached hydrogens (tertiary/aromatic N) is 5. The van der Waals surface area contributed by atoms with Crippen LogP contribution in [0.4, 0.5) is 13.2 Å². The van der Waals surface area contributed by atoms with Crippen LogP contribution in [0, 0.1) is 0 Å². The number of aromatic nitrogens is 4. The number of hydrogen-bond donors (Lipinski definition) is 0. The maximum atomic E-state index is 12.3. The van der Waals surface area contributed by atoms with Crippen molar-refractivity contribution < 1.29 is 31.8 Å². The number of halogens is 3. The third-order valence-corrected chi connectivity index (χ3v) is 6.90. The number of aryl methyl sites for hydroxylation is 2. The van der Waals surface area contributed by atoms with Crippen LogP contribution in [0.3, 0.4) is 0 Å². The molecule has 4 aromatic rings. The first kappa shape index (κ1) is 30.3. The zero-order chi connectivity index (χ0) is 29.9. The second-order valence-electron chi connectivity index (χ2n) is 10.2. The molecule has 0 atom stereocenters. The van der Waals surface area contributed by atoms with E-state index in [0.29, 0.717) is 17.1 Å². The van der Waals surface area contributed by atoms with E-state index in [9.17, 15) is 13.2 Å². The lowest BCUT2D eigenvalue weighted by molar-refractivity contribution is -0.274. The van der Waals surface area contributed by atoms with Crippen molar-refractivity contribution in [3.05, 3.63) is 89.4 Å². The summed E-state index contributed by atoms with van der Waals surface area (Å²) in [6, 6.07) is 13.5. The van der Waals surface area contributed by atoms with Crippen LogP contribution in [0.2, 0.25) is 0 Å². The van der Waals surface area contributed by atoms with Crippen molar-refractivity contribution in [2.75, 3.05) is 32.8 Å². The fourth-order valence-electron chi connectivity index (χ4n) is 4.59. The first-order valence-corrected chi connectivity index (χ1v) is 14.3. The molecule has 0 spiro atoms. The number of oxazole rings is 1. The molecular weight excluding hydrogens is 563 g/mol. The van der Waals surface area contributed by atoms with E-state index >= 15 is 0 Å². The van der Waals surface area contributed by atoms with Crippen LogP contribution in [0.25, 0.3) is 12.2 Å². The lowest BCUT2D eigenvalue weighted by Gasteiger charge is -2.26. The molecule has 1 saturated heterocycles. The predicted octanol–water partition coefficient (Wildman–Crippen LogP) is 5.81. The molecular formula is C31H34F3N5O4. The molecule has 2 aromatic carbocycles. The van der Waals surface area contributed by atoms with Crippen LogP contribution in [0.1, 0.15) is 41.2 Å². The summed E-state index contributed by atoms with van der Waals surface area (Å²) < 4.78 is 59.4. The van der Waals surface area contributed by atoms with Crippen molar-refractivity contribution in [2.24, 2.45) is 0 Å². The van der Waals surface area contributed by atoms with Gasteiger partial charge in [0.15, 0.2) is 0 Å². The summed E-state index contributed by atoms with van der Waals surface area (Å²) >= 11 is 0. The molecule has 43 heavy (non-hydrogen) atoms. The highest BCUT2D eigenvalue weighted by Gasteiger charge is 2.30. The summed E-state index contributed by atoms with van der Waals surface area (Å²) in [5.74, 6) is 0.819. The fraction of sp³-hybridized carbons (Fsp3) is 0.387. The number of rotatable bonds is 14. The van der Waals surface area contributed by atoms with Crippen molar-refractivity contribution in [2.45, 2.75) is 45.2 Å². The molecule has 0 unspecified atom stereocenters. The van der Waals surface area contributed by atoms with E-state index < -0.39 is 6.36 Å². The summed E-state index contributed by atoms with van der Waals surface area (Å²) in [5.41, 5.74) is 3.57. The van der Waals surface area contributed by atoms with Gasteiger partial charge in [-0.1, -0.05) is 29.5 Å². The van der Waals surface area contributed by atoms with Crippen LogP contribution in [0.15, 0.2) is 65.4 Å². The van der Waals surface area contributed by atoms with Crippen LogP contribution in [-0.2, 0) is 30.7 Å². The molecule has 0 N–H and O–H groups in total. The van der Waals surface area contributed by atoms with Gasteiger partial charge in [-0.05, 0) is 67.2 Å². The van der Waals surface area contributed by atoms with E-state index in [0.717, 1.165) is 76.5 Å². The van der Waals surface area contributed by atoms with Crippen molar-refractivity contribution >= 4 is 12.2 Å². The number of unbranched alkanes of at least 4 members (excludes halogenated alkanes) is 1. The standard InChI is InChI=1S/C31H34F3N5O4/c32-31(33,34)43-29-12-7-25(8-13-29)9-14-30-35-27(23-42-30)22-41-28-10-5-24(6-11-28)3-1-2-4-26-21-39(37-36-26)16-15-38-17-19-40-20-18-38/h5-14,21,23H,1-4,15-20,22H2/b14-9+. The monoisotopic (exact) mass is 597 g/mol. The minimum absolute atomic E-state index is 0.243. The Kier molecular flexibility index (Phi) is 10.5. The largest absolute Gasteiger partial charge is 0.573 e. The summed E-state index contributed by atoms with van der Waals surface area (Å²) in [6.07, 6.45) is 6.15. The molecule has 228 valence electrons. The Hall–Kier alpha value is -4.16.